The van der Waals surface area contributed by atoms with Gasteiger partial charge in [0.05, 0.1) is 40.6 Å². The molecule has 1 heterocycles. The molecule has 0 atom stereocenters. The van der Waals surface area contributed by atoms with Gasteiger partial charge in [0.25, 0.3) is 5.91 Å². The van der Waals surface area contributed by atoms with Crippen LogP contribution in [0.3, 0.4) is 0 Å². The van der Waals surface area contributed by atoms with Gasteiger partial charge in [0.1, 0.15) is 5.75 Å². The van der Waals surface area contributed by atoms with Crippen molar-refractivity contribution >= 4 is 34.1 Å². The minimum atomic E-state index is -4.51. The van der Waals surface area contributed by atoms with Gasteiger partial charge in [-0.05, 0) is 55.5 Å². The number of nitrogens with zero attached hydrogens (tertiary/aromatic N) is 1. The number of halogens is 4. The first-order valence-electron chi connectivity index (χ1n) is 11.2. The average molecular weight is 508 g/mol. The fraction of sp³-hybridized carbons (Fsp3) is 0.360. The number of ether oxygens (including phenoxy) is 1. The van der Waals surface area contributed by atoms with Crippen LogP contribution in [0.25, 0.3) is 10.9 Å². The van der Waals surface area contributed by atoms with Gasteiger partial charge in [0.2, 0.25) is 0 Å². The molecule has 0 saturated heterocycles. The Morgan fingerprint density at radius 2 is 1.91 bits per heavy atom. The van der Waals surface area contributed by atoms with Gasteiger partial charge in [-0.1, -0.05) is 23.7 Å². The van der Waals surface area contributed by atoms with Crippen LogP contribution in [-0.4, -0.2) is 35.3 Å². The molecule has 1 saturated carbocycles. The Bertz CT molecular complexity index is 1230. The number of carbonyl (C=O) groups is 1. The Morgan fingerprint density at radius 1 is 1.17 bits per heavy atom. The van der Waals surface area contributed by atoms with Crippen molar-refractivity contribution < 1.29 is 27.8 Å². The number of carbonyl (C=O) groups excluding carboxylic acids is 1. The molecule has 0 bridgehead atoms. The van der Waals surface area contributed by atoms with Crippen molar-refractivity contribution in [2.75, 3.05) is 12.4 Å². The van der Waals surface area contributed by atoms with E-state index in [0.29, 0.717) is 47.5 Å². The first kappa shape index (κ1) is 25.1. The third-order valence-corrected chi connectivity index (χ3v) is 6.45. The number of alkyl halides is 3. The third-order valence-electron chi connectivity index (χ3n) is 6.16. The predicted molar refractivity (Wildman–Crippen MR) is 128 cm³/mol. The molecule has 186 valence electrons. The molecule has 6 nitrogen and oxygen atoms in total. The van der Waals surface area contributed by atoms with Gasteiger partial charge in [0.15, 0.2) is 0 Å². The highest BCUT2D eigenvalue weighted by Gasteiger charge is 2.31. The number of aromatic nitrogens is 1. The van der Waals surface area contributed by atoms with E-state index in [9.17, 15) is 23.1 Å². The van der Waals surface area contributed by atoms with E-state index in [1.165, 1.54) is 19.4 Å². The van der Waals surface area contributed by atoms with Gasteiger partial charge in [-0.3, -0.25) is 9.78 Å². The molecule has 1 aliphatic carbocycles. The van der Waals surface area contributed by atoms with Gasteiger partial charge in [-0.2, -0.15) is 13.2 Å². The molecule has 1 aliphatic rings. The first-order valence-corrected chi connectivity index (χ1v) is 11.6. The SMILES string of the molecule is COc1ccc(CNc2c(C(=O)NC3CCC(O)CC3)cnc3cc(C(F)(F)F)ccc23)cc1Cl. The van der Waals surface area contributed by atoms with Crippen molar-refractivity contribution in [3.05, 3.63) is 64.3 Å². The molecular weight excluding hydrogens is 483 g/mol. The van der Waals surface area contributed by atoms with E-state index in [4.69, 9.17) is 16.3 Å². The number of rotatable bonds is 6. The van der Waals surface area contributed by atoms with Crippen molar-refractivity contribution in [1.82, 2.24) is 10.3 Å². The maximum Gasteiger partial charge on any atom is 0.416 e. The number of hydrogen-bond donors (Lipinski definition) is 3. The molecule has 1 aromatic heterocycles. The summed E-state index contributed by atoms with van der Waals surface area (Å²) in [6, 6.07) is 8.40. The van der Waals surface area contributed by atoms with Crippen LogP contribution >= 0.6 is 11.6 Å². The molecule has 35 heavy (non-hydrogen) atoms. The summed E-state index contributed by atoms with van der Waals surface area (Å²) in [6.07, 6.45) is -1.08. The Labute approximate surface area is 205 Å². The van der Waals surface area contributed by atoms with Crippen LogP contribution in [0.1, 0.15) is 47.2 Å². The van der Waals surface area contributed by atoms with Crippen molar-refractivity contribution in [2.24, 2.45) is 0 Å². The van der Waals surface area contributed by atoms with Crippen LogP contribution in [0, 0.1) is 0 Å². The zero-order valence-electron chi connectivity index (χ0n) is 19.0. The summed E-state index contributed by atoms with van der Waals surface area (Å²) in [7, 11) is 1.51. The van der Waals surface area contributed by atoms with Crippen LogP contribution in [0.5, 0.6) is 5.75 Å². The summed E-state index contributed by atoms with van der Waals surface area (Å²) in [5, 5.41) is 16.7. The molecule has 0 spiro atoms. The first-order chi connectivity index (χ1) is 16.7. The smallest absolute Gasteiger partial charge is 0.416 e. The van der Waals surface area contributed by atoms with Gasteiger partial charge >= 0.3 is 6.18 Å². The van der Waals surface area contributed by atoms with Crippen molar-refractivity contribution in [3.8, 4) is 5.75 Å². The van der Waals surface area contributed by atoms with E-state index in [1.807, 2.05) is 0 Å². The van der Waals surface area contributed by atoms with Crippen LogP contribution in [0.4, 0.5) is 18.9 Å². The Balaban J connectivity index is 1.67. The lowest BCUT2D eigenvalue weighted by atomic mass is 9.93. The maximum absolute atomic E-state index is 13.2. The van der Waals surface area contributed by atoms with Crippen LogP contribution < -0.4 is 15.4 Å². The summed E-state index contributed by atoms with van der Waals surface area (Å²) in [5.74, 6) is 0.137. The fourth-order valence-corrected chi connectivity index (χ4v) is 4.51. The zero-order chi connectivity index (χ0) is 25.2. The lowest BCUT2D eigenvalue weighted by Gasteiger charge is -2.26. The quantitative estimate of drug-likeness (QED) is 0.407. The molecule has 4 rings (SSSR count). The molecule has 0 radical (unpaired) electrons. The molecule has 1 fully saturated rings. The minimum Gasteiger partial charge on any atom is -0.495 e. The monoisotopic (exact) mass is 507 g/mol. The summed E-state index contributed by atoms with van der Waals surface area (Å²) in [4.78, 5) is 17.3. The molecule has 2 aromatic carbocycles. The molecule has 10 heteroatoms. The highest BCUT2D eigenvalue weighted by Crippen LogP contribution is 2.34. The molecule has 0 unspecified atom stereocenters. The van der Waals surface area contributed by atoms with E-state index >= 15 is 0 Å². The predicted octanol–water partition coefficient (Wildman–Crippen LogP) is 5.56. The van der Waals surface area contributed by atoms with E-state index in [-0.39, 0.29) is 35.7 Å². The number of nitrogens with one attached hydrogen (secondary N) is 2. The van der Waals surface area contributed by atoms with Crippen molar-refractivity contribution in [3.63, 3.8) is 0 Å². The molecule has 0 aliphatic heterocycles. The number of aliphatic hydroxyl groups is 1. The fourth-order valence-electron chi connectivity index (χ4n) is 4.23. The van der Waals surface area contributed by atoms with Gasteiger partial charge < -0.3 is 20.5 Å². The number of benzene rings is 2. The summed E-state index contributed by atoms with van der Waals surface area (Å²) in [5.41, 5.74) is 0.697. The minimum absolute atomic E-state index is 0.0950. The van der Waals surface area contributed by atoms with Crippen LogP contribution in [0.2, 0.25) is 5.02 Å². The number of pyridine rings is 1. The van der Waals surface area contributed by atoms with Crippen molar-refractivity contribution in [2.45, 2.75) is 50.6 Å². The third kappa shape index (κ3) is 5.79. The number of anilines is 1. The normalized spacial score (nSPS) is 18.3. The Morgan fingerprint density at radius 3 is 2.57 bits per heavy atom. The largest absolute Gasteiger partial charge is 0.495 e. The van der Waals surface area contributed by atoms with E-state index in [1.54, 1.807) is 18.2 Å². The number of amides is 1. The molecule has 3 N–H and O–H groups in total. The highest BCUT2D eigenvalue weighted by molar-refractivity contribution is 6.32. The van der Waals surface area contributed by atoms with Gasteiger partial charge in [-0.15, -0.1) is 0 Å². The second-order valence-electron chi connectivity index (χ2n) is 8.58. The lowest BCUT2D eigenvalue weighted by molar-refractivity contribution is -0.137. The topological polar surface area (TPSA) is 83.5 Å². The number of fused-ring (bicyclic) bond motifs is 1. The number of hydrogen-bond acceptors (Lipinski definition) is 5. The number of aliphatic hydroxyl groups excluding tert-OH is 1. The Kier molecular flexibility index (Phi) is 7.37. The number of methoxy groups -OCH3 is 1. The summed E-state index contributed by atoms with van der Waals surface area (Å²) in [6.45, 7) is 0.264. The molecule has 1 amide bonds. The second kappa shape index (κ2) is 10.3. The van der Waals surface area contributed by atoms with E-state index in [0.717, 1.165) is 17.7 Å². The van der Waals surface area contributed by atoms with Gasteiger partial charge in [-0.25, -0.2) is 0 Å². The lowest BCUT2D eigenvalue weighted by Crippen LogP contribution is -2.38. The highest BCUT2D eigenvalue weighted by atomic mass is 35.5. The summed E-state index contributed by atoms with van der Waals surface area (Å²) >= 11 is 6.22. The van der Waals surface area contributed by atoms with E-state index in [2.05, 4.69) is 15.6 Å². The van der Waals surface area contributed by atoms with Crippen molar-refractivity contribution in [1.29, 1.82) is 0 Å². The van der Waals surface area contributed by atoms with E-state index < -0.39 is 11.7 Å². The maximum atomic E-state index is 13.2. The summed E-state index contributed by atoms with van der Waals surface area (Å²) < 4.78 is 44.9. The average Bonchev–Trinajstić information content (AvgIpc) is 2.83. The Hall–Kier alpha value is -3.04. The zero-order valence-corrected chi connectivity index (χ0v) is 19.7. The standard InChI is InChI=1S/C25H25ClF3N3O3/c1-35-22-9-2-14(10-20(22)26)12-31-23-18-8-3-15(25(27,28)29)11-21(18)30-13-19(23)24(34)32-16-4-6-17(33)7-5-16/h2-3,8-11,13,16-17,33H,4-7,12H2,1H3,(H,30,31)(H,32,34). The molecule has 3 aromatic rings. The molecular formula is C25H25ClF3N3O3. The second-order valence-corrected chi connectivity index (χ2v) is 8.99. The van der Waals surface area contributed by atoms with Crippen LogP contribution in [-0.2, 0) is 12.7 Å². The van der Waals surface area contributed by atoms with Gasteiger partial charge in [0, 0.05) is 24.2 Å². The van der Waals surface area contributed by atoms with Crippen LogP contribution in [0.15, 0.2) is 42.6 Å².